The lowest BCUT2D eigenvalue weighted by atomic mass is 10.1. The summed E-state index contributed by atoms with van der Waals surface area (Å²) in [6.07, 6.45) is -3.39. The Kier molecular flexibility index (Phi) is 4.11. The van der Waals surface area contributed by atoms with E-state index in [1.165, 1.54) is 4.90 Å². The van der Waals surface area contributed by atoms with E-state index in [1.54, 1.807) is 0 Å². The molecule has 2 saturated heterocycles. The van der Waals surface area contributed by atoms with Crippen LogP contribution in [0.25, 0.3) is 0 Å². The van der Waals surface area contributed by atoms with Crippen LogP contribution < -0.4 is 5.32 Å². The van der Waals surface area contributed by atoms with E-state index in [0.717, 1.165) is 6.42 Å². The summed E-state index contributed by atoms with van der Waals surface area (Å²) in [6, 6.07) is -1.58. The summed E-state index contributed by atoms with van der Waals surface area (Å²) < 4.78 is 44.0. The number of carbonyl (C=O) groups excluding carboxylic acids is 1. The highest BCUT2D eigenvalue weighted by molar-refractivity contribution is 5.76. The Balaban J connectivity index is 2.03. The van der Waals surface area contributed by atoms with Crippen molar-refractivity contribution >= 4 is 5.91 Å². The van der Waals surface area contributed by atoms with Crippen molar-refractivity contribution in [1.29, 1.82) is 0 Å². The molecule has 0 aliphatic carbocycles. The number of carbonyl (C=O) groups is 1. The second-order valence-corrected chi connectivity index (χ2v) is 4.84. The highest BCUT2D eigenvalue weighted by Gasteiger charge is 2.45. The smallest absolute Gasteiger partial charge is 0.381 e. The van der Waals surface area contributed by atoms with Crippen molar-refractivity contribution < 1.29 is 22.7 Å². The van der Waals surface area contributed by atoms with Gasteiger partial charge in [0.15, 0.2) is 0 Å². The topological polar surface area (TPSA) is 41.6 Å². The Labute approximate surface area is 103 Å². The molecule has 0 radical (unpaired) electrons. The van der Waals surface area contributed by atoms with E-state index < -0.39 is 12.2 Å². The van der Waals surface area contributed by atoms with Gasteiger partial charge in [-0.3, -0.25) is 9.69 Å². The number of rotatable bonds is 2. The van der Waals surface area contributed by atoms with Gasteiger partial charge in [-0.15, -0.1) is 0 Å². The number of ether oxygens (including phenoxy) is 1. The summed E-state index contributed by atoms with van der Waals surface area (Å²) in [5.41, 5.74) is 0. The van der Waals surface area contributed by atoms with Gasteiger partial charge in [0, 0.05) is 32.7 Å². The predicted octanol–water partition coefficient (Wildman–Crippen LogP) is 0.776. The van der Waals surface area contributed by atoms with E-state index in [0.29, 0.717) is 19.8 Å². The molecule has 2 aliphatic heterocycles. The number of hydrogen-bond donors (Lipinski definition) is 1. The third-order valence-electron chi connectivity index (χ3n) is 3.45. The van der Waals surface area contributed by atoms with E-state index in [2.05, 4.69) is 5.32 Å². The first-order valence-corrected chi connectivity index (χ1v) is 6.12. The van der Waals surface area contributed by atoms with Crippen LogP contribution in [0.2, 0.25) is 0 Å². The van der Waals surface area contributed by atoms with Crippen LogP contribution in [0, 0.1) is 5.92 Å². The van der Waals surface area contributed by atoms with Gasteiger partial charge in [0.25, 0.3) is 0 Å². The van der Waals surface area contributed by atoms with Gasteiger partial charge in [-0.2, -0.15) is 13.2 Å². The van der Waals surface area contributed by atoms with Crippen LogP contribution in [0.5, 0.6) is 0 Å². The van der Waals surface area contributed by atoms with Crippen LogP contribution >= 0.6 is 0 Å². The molecule has 2 rings (SSSR count). The summed E-state index contributed by atoms with van der Waals surface area (Å²) in [6.45, 7) is 1.29. The molecule has 2 heterocycles. The molecule has 2 fully saturated rings. The first-order valence-electron chi connectivity index (χ1n) is 6.12. The quantitative estimate of drug-likeness (QED) is 0.803. The molecule has 4 nitrogen and oxygen atoms in total. The number of nitrogens with one attached hydrogen (secondary N) is 1. The molecule has 0 bridgehead atoms. The fourth-order valence-electron chi connectivity index (χ4n) is 2.43. The molecular formula is C11H17F3N2O2. The maximum absolute atomic E-state index is 12.9. The lowest BCUT2D eigenvalue weighted by molar-refractivity contribution is -0.182. The van der Waals surface area contributed by atoms with Crippen LogP contribution in [0.4, 0.5) is 13.2 Å². The van der Waals surface area contributed by atoms with Crippen molar-refractivity contribution in [3.63, 3.8) is 0 Å². The molecule has 2 aliphatic rings. The standard InChI is InChI=1S/C11H17F3N2O2/c12-11(13,14)9-5-15-10(17)1-3-16(9)6-8-2-4-18-7-8/h8-9H,1-7H2,(H,15,17). The molecule has 7 heteroatoms. The highest BCUT2D eigenvalue weighted by atomic mass is 19.4. The van der Waals surface area contributed by atoms with E-state index in [1.807, 2.05) is 0 Å². The number of alkyl halides is 3. The van der Waals surface area contributed by atoms with E-state index >= 15 is 0 Å². The molecule has 0 aromatic carbocycles. The molecule has 1 amide bonds. The lowest BCUT2D eigenvalue weighted by Gasteiger charge is -2.32. The van der Waals surface area contributed by atoms with Crippen molar-refractivity contribution in [2.75, 3.05) is 32.8 Å². The molecule has 0 spiro atoms. The molecule has 1 N–H and O–H groups in total. The molecule has 18 heavy (non-hydrogen) atoms. The average molecular weight is 266 g/mol. The summed E-state index contributed by atoms with van der Waals surface area (Å²) in [5.74, 6) is -0.169. The molecular weight excluding hydrogens is 249 g/mol. The van der Waals surface area contributed by atoms with Crippen molar-refractivity contribution in [3.05, 3.63) is 0 Å². The first kappa shape index (κ1) is 13.6. The van der Waals surface area contributed by atoms with E-state index in [-0.39, 0.29) is 31.3 Å². The van der Waals surface area contributed by atoms with E-state index in [9.17, 15) is 18.0 Å². The predicted molar refractivity (Wildman–Crippen MR) is 58.0 cm³/mol. The SMILES string of the molecule is O=C1CCN(CC2CCOC2)C(C(F)(F)F)CN1. The summed E-state index contributed by atoms with van der Waals surface area (Å²) in [5, 5.41) is 2.32. The molecule has 2 atom stereocenters. The Morgan fingerprint density at radius 1 is 1.44 bits per heavy atom. The summed E-state index contributed by atoms with van der Waals surface area (Å²) in [4.78, 5) is 12.6. The molecule has 0 aromatic heterocycles. The zero-order valence-electron chi connectivity index (χ0n) is 10.0. The number of amides is 1. The summed E-state index contributed by atoms with van der Waals surface area (Å²) in [7, 11) is 0. The third kappa shape index (κ3) is 3.35. The van der Waals surface area contributed by atoms with Crippen LogP contribution in [0.3, 0.4) is 0 Å². The van der Waals surface area contributed by atoms with Gasteiger partial charge in [-0.05, 0) is 12.3 Å². The van der Waals surface area contributed by atoms with Crippen molar-refractivity contribution in [3.8, 4) is 0 Å². The molecule has 0 aromatic rings. The highest BCUT2D eigenvalue weighted by Crippen LogP contribution is 2.27. The molecule has 0 saturated carbocycles. The van der Waals surface area contributed by atoms with Gasteiger partial charge in [-0.1, -0.05) is 0 Å². The maximum Gasteiger partial charge on any atom is 0.405 e. The fraction of sp³-hybridized carbons (Fsp3) is 0.909. The zero-order chi connectivity index (χ0) is 13.2. The third-order valence-corrected chi connectivity index (χ3v) is 3.45. The monoisotopic (exact) mass is 266 g/mol. The normalized spacial score (nSPS) is 31.2. The minimum atomic E-state index is -4.31. The number of hydrogen-bond acceptors (Lipinski definition) is 3. The second-order valence-electron chi connectivity index (χ2n) is 4.84. The van der Waals surface area contributed by atoms with Gasteiger partial charge in [0.2, 0.25) is 5.91 Å². The number of halogens is 3. The Morgan fingerprint density at radius 3 is 2.83 bits per heavy atom. The largest absolute Gasteiger partial charge is 0.405 e. The van der Waals surface area contributed by atoms with Gasteiger partial charge in [-0.25, -0.2) is 0 Å². The van der Waals surface area contributed by atoms with Crippen LogP contribution in [-0.2, 0) is 9.53 Å². The van der Waals surface area contributed by atoms with Crippen LogP contribution in [-0.4, -0.2) is 55.9 Å². The number of nitrogens with zero attached hydrogens (tertiary/aromatic N) is 1. The molecule has 2 unspecified atom stereocenters. The van der Waals surface area contributed by atoms with Crippen molar-refractivity contribution in [2.24, 2.45) is 5.92 Å². The minimum Gasteiger partial charge on any atom is -0.381 e. The molecule has 104 valence electrons. The van der Waals surface area contributed by atoms with Gasteiger partial charge >= 0.3 is 6.18 Å². The average Bonchev–Trinajstić information content (AvgIpc) is 2.69. The first-order chi connectivity index (χ1) is 8.47. The van der Waals surface area contributed by atoms with Crippen LogP contribution in [0.1, 0.15) is 12.8 Å². The Morgan fingerprint density at radius 2 is 2.22 bits per heavy atom. The summed E-state index contributed by atoms with van der Waals surface area (Å²) >= 11 is 0. The van der Waals surface area contributed by atoms with E-state index in [4.69, 9.17) is 4.74 Å². The van der Waals surface area contributed by atoms with Crippen molar-refractivity contribution in [1.82, 2.24) is 10.2 Å². The maximum atomic E-state index is 12.9. The Hall–Kier alpha value is -0.820. The zero-order valence-corrected chi connectivity index (χ0v) is 10.0. The van der Waals surface area contributed by atoms with Gasteiger partial charge in [0.1, 0.15) is 6.04 Å². The lowest BCUT2D eigenvalue weighted by Crippen LogP contribution is -2.51. The van der Waals surface area contributed by atoms with Gasteiger partial charge in [0.05, 0.1) is 6.61 Å². The van der Waals surface area contributed by atoms with Crippen molar-refractivity contribution in [2.45, 2.75) is 25.1 Å². The fourth-order valence-corrected chi connectivity index (χ4v) is 2.43. The minimum absolute atomic E-state index is 0.125. The van der Waals surface area contributed by atoms with Crippen LogP contribution in [0.15, 0.2) is 0 Å². The van der Waals surface area contributed by atoms with Gasteiger partial charge < -0.3 is 10.1 Å². The Bertz CT molecular complexity index is 303. The second kappa shape index (κ2) is 5.44.